The molecule has 44 heavy (non-hydrogen) atoms. The molecule has 0 aliphatic carbocycles. The van der Waals surface area contributed by atoms with Gasteiger partial charge in [0.15, 0.2) is 0 Å². The average Bonchev–Trinajstić information content (AvgIpc) is 3.60. The fraction of sp³-hybridized carbons (Fsp3) is 0. The summed E-state index contributed by atoms with van der Waals surface area (Å²) in [6.45, 7) is 7.80. The Hall–Kier alpha value is -6.61. The lowest BCUT2D eigenvalue weighted by Gasteiger charge is -2.11. The molecule has 0 aliphatic heterocycles. The van der Waals surface area contributed by atoms with Crippen molar-refractivity contribution in [1.29, 1.82) is 10.5 Å². The molecule has 2 heterocycles. The average molecular weight is 560 g/mol. The van der Waals surface area contributed by atoms with Crippen LogP contribution >= 0.6 is 0 Å². The normalized spacial score (nSPS) is 11.1. The number of hydrogen-bond acceptors (Lipinski definition) is 2. The largest absolute Gasteiger partial charge is 0.319 e. The Morgan fingerprint density at radius 3 is 1.91 bits per heavy atom. The van der Waals surface area contributed by atoms with Crippen molar-refractivity contribution in [3.8, 4) is 34.6 Å². The van der Waals surface area contributed by atoms with Gasteiger partial charge in [0.05, 0.1) is 57.6 Å². The molecule has 0 saturated heterocycles. The summed E-state index contributed by atoms with van der Waals surface area (Å²) in [6, 6.07) is 47.0. The van der Waals surface area contributed by atoms with Crippen LogP contribution in [0.15, 0.2) is 127 Å². The van der Waals surface area contributed by atoms with Gasteiger partial charge in [-0.05, 0) is 65.7 Å². The first-order chi connectivity index (χ1) is 21.7. The maximum Gasteiger partial charge on any atom is 0.210 e. The van der Waals surface area contributed by atoms with Crippen LogP contribution in [0, 0.1) is 29.2 Å². The van der Waals surface area contributed by atoms with Gasteiger partial charge in [0.25, 0.3) is 0 Å². The molecular formula is C39H21N5. The molecule has 0 aliphatic rings. The Balaban J connectivity index is 1.38. The smallest absolute Gasteiger partial charge is 0.210 e. The van der Waals surface area contributed by atoms with E-state index in [0.29, 0.717) is 22.5 Å². The van der Waals surface area contributed by atoms with Crippen molar-refractivity contribution >= 4 is 49.3 Å². The third-order valence-corrected chi connectivity index (χ3v) is 8.38. The van der Waals surface area contributed by atoms with Crippen molar-refractivity contribution in [2.45, 2.75) is 0 Å². The van der Waals surface area contributed by atoms with Gasteiger partial charge in [-0.3, -0.25) is 0 Å². The van der Waals surface area contributed by atoms with E-state index in [1.807, 2.05) is 42.5 Å². The predicted octanol–water partition coefficient (Wildman–Crippen LogP) is 9.84. The highest BCUT2D eigenvalue weighted by Gasteiger charge is 2.17. The number of nitriles is 2. The summed E-state index contributed by atoms with van der Waals surface area (Å²) in [5.41, 5.74) is 9.52. The molecule has 8 rings (SSSR count). The van der Waals surface area contributed by atoms with Crippen LogP contribution in [0.3, 0.4) is 0 Å². The molecule has 0 spiro atoms. The number of benzene rings is 6. The molecule has 0 radical (unpaired) electrons. The summed E-state index contributed by atoms with van der Waals surface area (Å²) < 4.78 is 4.32. The van der Waals surface area contributed by atoms with Crippen molar-refractivity contribution in [1.82, 2.24) is 9.13 Å². The van der Waals surface area contributed by atoms with Gasteiger partial charge in [-0.2, -0.15) is 10.5 Å². The number of aromatic nitrogens is 2. The molecule has 5 heteroatoms. The minimum atomic E-state index is 0.495. The zero-order valence-electron chi connectivity index (χ0n) is 23.4. The second-order valence-electron chi connectivity index (χ2n) is 10.8. The lowest BCUT2D eigenvalue weighted by atomic mass is 10.0. The predicted molar refractivity (Wildman–Crippen MR) is 176 cm³/mol. The van der Waals surface area contributed by atoms with E-state index in [1.165, 1.54) is 0 Å². The van der Waals surface area contributed by atoms with E-state index >= 15 is 0 Å². The number of hydrogen-bond donors (Lipinski definition) is 0. The molecule has 0 N–H and O–H groups in total. The molecule has 8 aromatic rings. The highest BCUT2D eigenvalue weighted by molar-refractivity contribution is 6.12. The molecule has 2 aromatic heterocycles. The van der Waals surface area contributed by atoms with Crippen LogP contribution in [0.5, 0.6) is 0 Å². The molecular weight excluding hydrogens is 538 g/mol. The van der Waals surface area contributed by atoms with E-state index in [-0.39, 0.29) is 0 Å². The maximum absolute atomic E-state index is 9.60. The Morgan fingerprint density at radius 2 is 1.14 bits per heavy atom. The fourth-order valence-electron chi connectivity index (χ4n) is 6.42. The lowest BCUT2D eigenvalue weighted by molar-refractivity contribution is 1.18. The van der Waals surface area contributed by atoms with E-state index in [4.69, 9.17) is 6.57 Å². The Morgan fingerprint density at radius 1 is 0.500 bits per heavy atom. The van der Waals surface area contributed by atoms with Crippen molar-refractivity contribution in [2.75, 3.05) is 0 Å². The van der Waals surface area contributed by atoms with Crippen LogP contribution in [0.2, 0.25) is 0 Å². The van der Waals surface area contributed by atoms with Crippen LogP contribution in [-0.4, -0.2) is 9.13 Å². The molecule has 0 saturated carbocycles. The second-order valence-corrected chi connectivity index (χ2v) is 10.8. The van der Waals surface area contributed by atoms with Gasteiger partial charge in [-0.1, -0.05) is 72.8 Å². The standard InChI is InChI=1S/C39H21N5/c1-42-34-17-13-26(24-41)20-39(34)44-36-12-5-3-10-31(36)33-21-27(15-18-37(33)44)28-14-16-32-30-9-2-4-11-35(30)43(38(32)22-28)29-8-6-7-25(19-29)23-40/h2-22H. The van der Waals surface area contributed by atoms with E-state index in [9.17, 15) is 10.5 Å². The van der Waals surface area contributed by atoms with Crippen LogP contribution < -0.4 is 0 Å². The zero-order chi connectivity index (χ0) is 29.8. The molecule has 0 unspecified atom stereocenters. The van der Waals surface area contributed by atoms with Crippen molar-refractivity contribution in [3.05, 3.63) is 150 Å². The summed E-state index contributed by atoms with van der Waals surface area (Å²) in [7, 11) is 0. The first-order valence-corrected chi connectivity index (χ1v) is 14.2. The topological polar surface area (TPSA) is 61.8 Å². The molecule has 202 valence electrons. The quantitative estimate of drug-likeness (QED) is 0.202. The van der Waals surface area contributed by atoms with Gasteiger partial charge in [0.1, 0.15) is 0 Å². The maximum atomic E-state index is 9.60. The third kappa shape index (κ3) is 3.70. The second kappa shape index (κ2) is 9.74. The van der Waals surface area contributed by atoms with Gasteiger partial charge < -0.3 is 9.13 Å². The van der Waals surface area contributed by atoms with E-state index in [1.54, 1.807) is 18.2 Å². The van der Waals surface area contributed by atoms with Crippen molar-refractivity contribution in [2.24, 2.45) is 0 Å². The van der Waals surface area contributed by atoms with Crippen molar-refractivity contribution in [3.63, 3.8) is 0 Å². The molecule has 0 amide bonds. The summed E-state index contributed by atoms with van der Waals surface area (Å²) in [5.74, 6) is 0. The highest BCUT2D eigenvalue weighted by atomic mass is 15.0. The number of fused-ring (bicyclic) bond motifs is 6. The Labute approximate surface area is 253 Å². The monoisotopic (exact) mass is 559 g/mol. The van der Waals surface area contributed by atoms with Gasteiger partial charge in [-0.25, -0.2) is 4.85 Å². The number of para-hydroxylation sites is 2. The van der Waals surface area contributed by atoms with E-state index in [2.05, 4.69) is 92.8 Å². The Bertz CT molecular complexity index is 2600. The van der Waals surface area contributed by atoms with E-state index in [0.717, 1.165) is 60.4 Å². The number of rotatable bonds is 3. The lowest BCUT2D eigenvalue weighted by Crippen LogP contribution is -1.95. The summed E-state index contributed by atoms with van der Waals surface area (Å²) in [4.78, 5) is 3.77. The zero-order valence-corrected chi connectivity index (χ0v) is 23.4. The minimum Gasteiger partial charge on any atom is -0.319 e. The minimum absolute atomic E-state index is 0.495. The third-order valence-electron chi connectivity index (χ3n) is 8.38. The summed E-state index contributed by atoms with van der Waals surface area (Å²) in [6.07, 6.45) is 0. The molecule has 0 fully saturated rings. The van der Waals surface area contributed by atoms with Crippen LogP contribution in [0.1, 0.15) is 11.1 Å². The molecule has 0 bridgehead atoms. The van der Waals surface area contributed by atoms with Gasteiger partial charge >= 0.3 is 0 Å². The molecule has 5 nitrogen and oxygen atoms in total. The van der Waals surface area contributed by atoms with E-state index < -0.39 is 0 Å². The molecule has 6 aromatic carbocycles. The summed E-state index contributed by atoms with van der Waals surface area (Å²) in [5, 5.41) is 23.6. The van der Waals surface area contributed by atoms with Crippen LogP contribution in [-0.2, 0) is 0 Å². The van der Waals surface area contributed by atoms with Gasteiger partial charge in [0, 0.05) is 27.2 Å². The SMILES string of the molecule is [C-]#[N+]c1ccc(C#N)cc1-n1c2ccccc2c2cc(-c3ccc4c5ccccc5n(-c5cccc(C#N)c5)c4c3)ccc21. The van der Waals surface area contributed by atoms with Crippen molar-refractivity contribution < 1.29 is 0 Å². The molecule has 0 atom stereocenters. The highest BCUT2D eigenvalue weighted by Crippen LogP contribution is 2.39. The van der Waals surface area contributed by atoms with Gasteiger partial charge in [-0.15, -0.1) is 0 Å². The van der Waals surface area contributed by atoms with Crippen LogP contribution in [0.4, 0.5) is 5.69 Å². The summed E-state index contributed by atoms with van der Waals surface area (Å²) >= 11 is 0. The first-order valence-electron chi connectivity index (χ1n) is 14.2. The van der Waals surface area contributed by atoms with Gasteiger partial charge in [0.2, 0.25) is 5.69 Å². The number of nitrogens with zero attached hydrogens (tertiary/aromatic N) is 5. The van der Waals surface area contributed by atoms with Crippen LogP contribution in [0.25, 0.3) is 71.0 Å². The fourth-order valence-corrected chi connectivity index (χ4v) is 6.42. The first kappa shape index (κ1) is 25.1. The Kier molecular flexibility index (Phi) is 5.56.